The Morgan fingerprint density at radius 2 is 1.41 bits per heavy atom. The summed E-state index contributed by atoms with van der Waals surface area (Å²) in [5, 5.41) is 2.91. The molecule has 0 aliphatic carbocycles. The lowest BCUT2D eigenvalue weighted by Crippen LogP contribution is -2.46. The number of ketones is 1. The number of para-hydroxylation sites is 1. The van der Waals surface area contributed by atoms with E-state index in [1.807, 2.05) is 30.3 Å². The lowest BCUT2D eigenvalue weighted by atomic mass is 10.0. The normalized spacial score (nSPS) is 12.7. The topological polar surface area (TPSA) is 124 Å². The van der Waals surface area contributed by atoms with Crippen LogP contribution in [0.3, 0.4) is 0 Å². The van der Waals surface area contributed by atoms with Crippen LogP contribution in [0.2, 0.25) is 0 Å². The van der Waals surface area contributed by atoms with Crippen LogP contribution in [0.4, 0.5) is 11.4 Å². The maximum absolute atomic E-state index is 14.4. The van der Waals surface area contributed by atoms with Crippen LogP contribution < -0.4 is 29.2 Å². The highest BCUT2D eigenvalue weighted by Gasteiger charge is 2.40. The highest BCUT2D eigenvalue weighted by atomic mass is 16.5. The van der Waals surface area contributed by atoms with E-state index in [0.29, 0.717) is 28.4 Å². The van der Waals surface area contributed by atoms with Gasteiger partial charge in [0.2, 0.25) is 11.7 Å². The third kappa shape index (κ3) is 6.34. The van der Waals surface area contributed by atoms with Gasteiger partial charge in [0.15, 0.2) is 11.5 Å². The van der Waals surface area contributed by atoms with Gasteiger partial charge in [0.1, 0.15) is 18.3 Å². The van der Waals surface area contributed by atoms with Gasteiger partial charge in [-0.1, -0.05) is 42.5 Å². The van der Waals surface area contributed by atoms with E-state index in [1.54, 1.807) is 60.7 Å². The maximum atomic E-state index is 14.4. The van der Waals surface area contributed by atoms with Crippen molar-refractivity contribution in [2.75, 3.05) is 45.2 Å². The van der Waals surface area contributed by atoms with Crippen LogP contribution >= 0.6 is 0 Å². The van der Waals surface area contributed by atoms with Crippen LogP contribution in [0, 0.1) is 0 Å². The largest absolute Gasteiger partial charge is 0.497 e. The van der Waals surface area contributed by atoms with Gasteiger partial charge in [0.25, 0.3) is 17.6 Å². The Hall–Kier alpha value is -5.84. The molecule has 0 radical (unpaired) electrons. The number of hydrogen-bond acceptors (Lipinski definition) is 8. The van der Waals surface area contributed by atoms with Crippen molar-refractivity contribution in [1.29, 1.82) is 0 Å². The first-order valence-corrected chi connectivity index (χ1v) is 14.3. The molecule has 0 unspecified atom stereocenters. The zero-order valence-electron chi connectivity index (χ0n) is 25.8. The van der Waals surface area contributed by atoms with E-state index in [0.717, 1.165) is 10.5 Å². The van der Waals surface area contributed by atoms with Crippen LogP contribution in [-0.2, 0) is 20.9 Å². The zero-order chi connectivity index (χ0) is 32.8. The van der Waals surface area contributed by atoms with E-state index in [-0.39, 0.29) is 23.6 Å². The number of nitrogens with zero attached hydrogens (tertiary/aromatic N) is 2. The summed E-state index contributed by atoms with van der Waals surface area (Å²) < 4.78 is 21.9. The van der Waals surface area contributed by atoms with Crippen LogP contribution in [0.25, 0.3) is 0 Å². The molecule has 0 fully saturated rings. The number of methoxy groups -OCH3 is 4. The summed E-state index contributed by atoms with van der Waals surface area (Å²) in [7, 11) is 5.91. The average Bonchev–Trinajstić information content (AvgIpc) is 3.32. The quantitative estimate of drug-likeness (QED) is 0.226. The number of ether oxygens (including phenoxy) is 4. The molecule has 0 aromatic heterocycles. The van der Waals surface area contributed by atoms with Crippen molar-refractivity contribution in [2.24, 2.45) is 0 Å². The molecule has 1 N–H and O–H groups in total. The highest BCUT2D eigenvalue weighted by molar-refractivity contribution is 6.52. The summed E-state index contributed by atoms with van der Waals surface area (Å²) in [6, 6.07) is 24.3. The van der Waals surface area contributed by atoms with Gasteiger partial charge in [0.05, 0.1) is 39.7 Å². The van der Waals surface area contributed by atoms with Crippen LogP contribution in [0.5, 0.6) is 23.0 Å². The molecule has 1 aliphatic rings. The van der Waals surface area contributed by atoms with E-state index in [2.05, 4.69) is 5.32 Å². The highest BCUT2D eigenvalue weighted by Crippen LogP contribution is 2.41. The first-order valence-electron chi connectivity index (χ1n) is 14.3. The van der Waals surface area contributed by atoms with Gasteiger partial charge in [-0.15, -0.1) is 0 Å². The molecule has 0 saturated heterocycles. The number of carbonyl (C=O) groups excluding carboxylic acids is 4. The molecule has 1 atom stereocenters. The van der Waals surface area contributed by atoms with Gasteiger partial charge < -0.3 is 29.2 Å². The number of amides is 3. The summed E-state index contributed by atoms with van der Waals surface area (Å²) >= 11 is 0. The number of hydrogen-bond donors (Lipinski definition) is 1. The molecule has 1 heterocycles. The fourth-order valence-electron chi connectivity index (χ4n) is 5.35. The third-order valence-corrected chi connectivity index (χ3v) is 7.61. The molecular formula is C35H33N3O8. The minimum Gasteiger partial charge on any atom is -0.497 e. The number of anilines is 2. The summed E-state index contributed by atoms with van der Waals surface area (Å²) in [6.45, 7) is -0.486. The Bertz CT molecular complexity index is 1730. The molecule has 4 aromatic carbocycles. The molecule has 4 aromatic rings. The first-order chi connectivity index (χ1) is 22.3. The molecule has 3 amide bonds. The lowest BCUT2D eigenvalue weighted by molar-refractivity contribution is -0.139. The number of fused-ring (bicyclic) bond motifs is 1. The van der Waals surface area contributed by atoms with Crippen molar-refractivity contribution in [2.45, 2.75) is 12.6 Å². The second kappa shape index (κ2) is 13.9. The van der Waals surface area contributed by atoms with Gasteiger partial charge in [0, 0.05) is 12.2 Å². The lowest BCUT2D eigenvalue weighted by Gasteiger charge is -2.33. The van der Waals surface area contributed by atoms with Crippen molar-refractivity contribution >= 4 is 34.9 Å². The smallest absolute Gasteiger partial charge is 0.299 e. The van der Waals surface area contributed by atoms with Crippen molar-refractivity contribution in [3.8, 4) is 23.0 Å². The summed E-state index contributed by atoms with van der Waals surface area (Å²) in [6.07, 6.45) is 0. The van der Waals surface area contributed by atoms with E-state index >= 15 is 0 Å². The monoisotopic (exact) mass is 623 g/mol. The summed E-state index contributed by atoms with van der Waals surface area (Å²) in [4.78, 5) is 57.0. The maximum Gasteiger partial charge on any atom is 0.299 e. The average molecular weight is 624 g/mol. The predicted molar refractivity (Wildman–Crippen MR) is 171 cm³/mol. The Labute approximate surface area is 266 Å². The Morgan fingerprint density at radius 3 is 2.02 bits per heavy atom. The van der Waals surface area contributed by atoms with Crippen LogP contribution in [-0.4, -0.2) is 63.4 Å². The second-order valence-corrected chi connectivity index (χ2v) is 10.3. The van der Waals surface area contributed by atoms with Gasteiger partial charge in [-0.05, 0) is 59.7 Å². The van der Waals surface area contributed by atoms with Crippen molar-refractivity contribution in [3.05, 3.63) is 108 Å². The standard InChI is InChI=1S/C35H33N3O8/c1-43-25-16-14-24(15-17-25)36-34(41)31(23-18-28(44-2)33(46-4)29(19-23)45-3)38(20-22-10-6-5-7-11-22)30(39)21-37-27-13-9-8-12-26(27)32(40)35(37)42/h5-19,31H,20-21H2,1-4H3,(H,36,41)/t31-/m1/s1. The third-order valence-electron chi connectivity index (χ3n) is 7.61. The van der Waals surface area contributed by atoms with Gasteiger partial charge in [-0.3, -0.25) is 24.1 Å². The molecule has 5 rings (SSSR count). The molecule has 0 spiro atoms. The minimum absolute atomic E-state index is 0.00530. The first kappa shape index (κ1) is 31.6. The Kier molecular flexibility index (Phi) is 9.51. The van der Waals surface area contributed by atoms with Crippen LogP contribution in [0.1, 0.15) is 27.5 Å². The number of benzene rings is 4. The van der Waals surface area contributed by atoms with E-state index in [4.69, 9.17) is 18.9 Å². The molecule has 236 valence electrons. The van der Waals surface area contributed by atoms with Crippen LogP contribution in [0.15, 0.2) is 91.0 Å². The molecule has 1 aliphatic heterocycles. The Balaban J connectivity index is 1.62. The van der Waals surface area contributed by atoms with Crippen molar-refractivity contribution < 1.29 is 38.1 Å². The van der Waals surface area contributed by atoms with Crippen molar-refractivity contribution in [3.63, 3.8) is 0 Å². The number of rotatable bonds is 12. The van der Waals surface area contributed by atoms with E-state index < -0.39 is 36.1 Å². The van der Waals surface area contributed by atoms with E-state index in [9.17, 15) is 19.2 Å². The Morgan fingerprint density at radius 1 is 0.783 bits per heavy atom. The fraction of sp³-hybridized carbons (Fsp3) is 0.200. The molecule has 0 saturated carbocycles. The van der Waals surface area contributed by atoms with Gasteiger partial charge in [-0.25, -0.2) is 0 Å². The zero-order valence-corrected chi connectivity index (χ0v) is 25.8. The summed E-state index contributed by atoms with van der Waals surface area (Å²) in [5.74, 6) is -1.18. The number of carbonyl (C=O) groups is 4. The molecule has 46 heavy (non-hydrogen) atoms. The number of nitrogens with one attached hydrogen (secondary N) is 1. The molecule has 11 heteroatoms. The second-order valence-electron chi connectivity index (χ2n) is 10.3. The molecule has 11 nitrogen and oxygen atoms in total. The fourth-order valence-corrected chi connectivity index (χ4v) is 5.35. The summed E-state index contributed by atoms with van der Waals surface area (Å²) in [5.41, 5.74) is 2.10. The molecule has 0 bridgehead atoms. The van der Waals surface area contributed by atoms with Crippen molar-refractivity contribution in [1.82, 2.24) is 4.90 Å². The number of Topliss-reactive ketones (excluding diaryl/α,β-unsaturated/α-hetero) is 1. The van der Waals surface area contributed by atoms with Gasteiger partial charge >= 0.3 is 0 Å². The predicted octanol–water partition coefficient (Wildman–Crippen LogP) is 4.66. The van der Waals surface area contributed by atoms with Gasteiger partial charge in [-0.2, -0.15) is 0 Å². The minimum atomic E-state index is -1.26. The SMILES string of the molecule is COc1ccc(NC(=O)[C@@H](c2cc(OC)c(OC)c(OC)c2)N(Cc2ccccc2)C(=O)CN2C(=O)C(=O)c3ccccc32)cc1. The van der Waals surface area contributed by atoms with E-state index in [1.165, 1.54) is 33.3 Å². The molecular weight excluding hydrogens is 590 g/mol.